The minimum atomic E-state index is -2.95. The van der Waals surface area contributed by atoms with E-state index in [0.717, 1.165) is 6.07 Å². The van der Waals surface area contributed by atoms with Gasteiger partial charge in [0.1, 0.15) is 5.75 Å². The molecule has 0 aromatic heterocycles. The molecular formula is C14H11ClF3NO2. The molecule has 0 saturated heterocycles. The number of alkyl halides is 2. The summed E-state index contributed by atoms with van der Waals surface area (Å²) >= 11 is 5.80. The number of para-hydroxylation sites is 1. The van der Waals surface area contributed by atoms with Gasteiger partial charge in [0.15, 0.2) is 11.6 Å². The number of hydrogen-bond acceptors (Lipinski definition) is 3. The second kappa shape index (κ2) is 6.58. The molecule has 2 rings (SSSR count). The molecule has 2 aromatic rings. The number of hydrogen-bond donors (Lipinski definition) is 2. The van der Waals surface area contributed by atoms with Crippen molar-refractivity contribution in [3.05, 3.63) is 52.8 Å². The quantitative estimate of drug-likeness (QED) is 0.859. The molecule has 7 heteroatoms. The Bertz CT molecular complexity index is 638. The van der Waals surface area contributed by atoms with E-state index in [9.17, 15) is 18.3 Å². The molecule has 2 aromatic carbocycles. The predicted octanol–water partition coefficient (Wildman–Crippen LogP) is 4.40. The van der Waals surface area contributed by atoms with E-state index in [2.05, 4.69) is 10.1 Å². The highest BCUT2D eigenvalue weighted by molar-refractivity contribution is 6.32. The Morgan fingerprint density at radius 3 is 2.67 bits per heavy atom. The Morgan fingerprint density at radius 2 is 2.00 bits per heavy atom. The second-order valence-corrected chi connectivity index (χ2v) is 4.53. The molecule has 0 bridgehead atoms. The molecule has 0 amide bonds. The smallest absolute Gasteiger partial charge is 0.387 e. The second-order valence-electron chi connectivity index (χ2n) is 4.12. The lowest BCUT2D eigenvalue weighted by atomic mass is 10.2. The molecule has 3 nitrogen and oxygen atoms in total. The molecule has 0 saturated carbocycles. The van der Waals surface area contributed by atoms with Crippen molar-refractivity contribution in [1.82, 2.24) is 0 Å². The average Bonchev–Trinajstić information content (AvgIpc) is 2.43. The van der Waals surface area contributed by atoms with Crippen LogP contribution in [0.5, 0.6) is 11.5 Å². The normalized spacial score (nSPS) is 10.7. The van der Waals surface area contributed by atoms with Crippen LogP contribution in [0.4, 0.5) is 18.9 Å². The molecule has 0 aliphatic heterocycles. The summed E-state index contributed by atoms with van der Waals surface area (Å²) in [4.78, 5) is 0. The van der Waals surface area contributed by atoms with Crippen LogP contribution in [0.2, 0.25) is 5.02 Å². The van der Waals surface area contributed by atoms with E-state index in [1.165, 1.54) is 24.3 Å². The highest BCUT2D eigenvalue weighted by Crippen LogP contribution is 2.29. The van der Waals surface area contributed by atoms with Gasteiger partial charge in [-0.05, 0) is 24.3 Å². The maximum absolute atomic E-state index is 13.2. The summed E-state index contributed by atoms with van der Waals surface area (Å²) in [5, 5.41) is 12.4. The van der Waals surface area contributed by atoms with Gasteiger partial charge in [-0.15, -0.1) is 0 Å². The van der Waals surface area contributed by atoms with Gasteiger partial charge in [-0.3, -0.25) is 0 Å². The monoisotopic (exact) mass is 317 g/mol. The Labute approximate surface area is 123 Å². The van der Waals surface area contributed by atoms with Crippen LogP contribution in [0.15, 0.2) is 36.4 Å². The topological polar surface area (TPSA) is 41.5 Å². The predicted molar refractivity (Wildman–Crippen MR) is 73.5 cm³/mol. The van der Waals surface area contributed by atoms with Gasteiger partial charge in [-0.1, -0.05) is 23.7 Å². The minimum absolute atomic E-state index is 0.0174. The molecule has 21 heavy (non-hydrogen) atoms. The summed E-state index contributed by atoms with van der Waals surface area (Å²) in [6, 6.07) is 8.35. The van der Waals surface area contributed by atoms with Crippen LogP contribution in [0.25, 0.3) is 0 Å². The van der Waals surface area contributed by atoms with E-state index in [1.807, 2.05) is 0 Å². The summed E-state index contributed by atoms with van der Waals surface area (Å²) < 4.78 is 41.6. The zero-order valence-corrected chi connectivity index (χ0v) is 11.4. The van der Waals surface area contributed by atoms with Crippen molar-refractivity contribution < 1.29 is 23.0 Å². The summed E-state index contributed by atoms with van der Waals surface area (Å²) in [5.41, 5.74) is 0.879. The Balaban J connectivity index is 2.07. The summed E-state index contributed by atoms with van der Waals surface area (Å²) in [7, 11) is 0. The number of phenolic OH excluding ortho intramolecular Hbond substituents is 1. The van der Waals surface area contributed by atoms with E-state index in [-0.39, 0.29) is 17.3 Å². The fraction of sp³-hybridized carbons (Fsp3) is 0.143. The van der Waals surface area contributed by atoms with Crippen LogP contribution in [0, 0.1) is 5.82 Å². The maximum Gasteiger partial charge on any atom is 0.387 e. The third-order valence-corrected chi connectivity index (χ3v) is 3.00. The number of halogens is 4. The van der Waals surface area contributed by atoms with E-state index in [4.69, 9.17) is 11.6 Å². The molecule has 112 valence electrons. The van der Waals surface area contributed by atoms with Crippen molar-refractivity contribution in [2.75, 3.05) is 5.32 Å². The number of phenols is 1. The third-order valence-electron chi connectivity index (χ3n) is 2.70. The van der Waals surface area contributed by atoms with Crippen molar-refractivity contribution in [3.8, 4) is 11.5 Å². The standard InChI is InChI=1S/C14H11ClF3NO2/c15-10-6-9(4-5-12(10)21-14(17)18)19-7-8-2-1-3-11(16)13(8)20/h1-6,14,19-20H,7H2. The highest BCUT2D eigenvalue weighted by Gasteiger charge is 2.10. The zero-order chi connectivity index (χ0) is 15.4. The van der Waals surface area contributed by atoms with Crippen LogP contribution in [-0.2, 0) is 6.54 Å². The number of nitrogens with one attached hydrogen (secondary N) is 1. The van der Waals surface area contributed by atoms with Crippen LogP contribution >= 0.6 is 11.6 Å². The van der Waals surface area contributed by atoms with Crippen molar-refractivity contribution in [3.63, 3.8) is 0 Å². The van der Waals surface area contributed by atoms with Gasteiger partial charge >= 0.3 is 6.61 Å². The number of benzene rings is 2. The molecule has 0 unspecified atom stereocenters. The van der Waals surface area contributed by atoms with E-state index < -0.39 is 18.2 Å². The van der Waals surface area contributed by atoms with Crippen molar-refractivity contribution in [1.29, 1.82) is 0 Å². The minimum Gasteiger partial charge on any atom is -0.505 e. The molecule has 0 fully saturated rings. The van der Waals surface area contributed by atoms with E-state index in [0.29, 0.717) is 11.3 Å². The molecule has 2 N–H and O–H groups in total. The lowest BCUT2D eigenvalue weighted by molar-refractivity contribution is -0.0497. The number of aromatic hydroxyl groups is 1. The molecule has 0 atom stereocenters. The van der Waals surface area contributed by atoms with Crippen molar-refractivity contribution >= 4 is 17.3 Å². The lowest BCUT2D eigenvalue weighted by Gasteiger charge is -2.11. The Morgan fingerprint density at radius 1 is 1.24 bits per heavy atom. The molecule has 0 spiro atoms. The van der Waals surface area contributed by atoms with Crippen molar-refractivity contribution in [2.45, 2.75) is 13.2 Å². The molecule has 0 aliphatic carbocycles. The first-order valence-electron chi connectivity index (χ1n) is 5.92. The number of ether oxygens (including phenoxy) is 1. The Hall–Kier alpha value is -2.08. The fourth-order valence-electron chi connectivity index (χ4n) is 1.70. The van der Waals surface area contributed by atoms with Gasteiger partial charge < -0.3 is 15.2 Å². The molecular weight excluding hydrogens is 307 g/mol. The van der Waals surface area contributed by atoms with Gasteiger partial charge in [0.2, 0.25) is 0 Å². The third kappa shape index (κ3) is 3.95. The first-order chi connectivity index (χ1) is 9.97. The summed E-state index contributed by atoms with van der Waals surface area (Å²) in [6.07, 6.45) is 0. The zero-order valence-electron chi connectivity index (χ0n) is 10.6. The summed E-state index contributed by atoms with van der Waals surface area (Å²) in [5.74, 6) is -1.28. The highest BCUT2D eigenvalue weighted by atomic mass is 35.5. The van der Waals surface area contributed by atoms with Gasteiger partial charge in [0.05, 0.1) is 5.02 Å². The van der Waals surface area contributed by atoms with Gasteiger partial charge in [0.25, 0.3) is 0 Å². The largest absolute Gasteiger partial charge is 0.505 e. The fourth-order valence-corrected chi connectivity index (χ4v) is 1.93. The van der Waals surface area contributed by atoms with Gasteiger partial charge in [-0.2, -0.15) is 8.78 Å². The number of anilines is 1. The van der Waals surface area contributed by atoms with Gasteiger partial charge in [0, 0.05) is 17.8 Å². The maximum atomic E-state index is 13.2. The SMILES string of the molecule is Oc1c(F)cccc1CNc1ccc(OC(F)F)c(Cl)c1. The lowest BCUT2D eigenvalue weighted by Crippen LogP contribution is -2.03. The molecule has 0 radical (unpaired) electrons. The van der Waals surface area contributed by atoms with E-state index in [1.54, 1.807) is 6.07 Å². The van der Waals surface area contributed by atoms with Crippen LogP contribution in [-0.4, -0.2) is 11.7 Å². The summed E-state index contributed by atoms with van der Waals surface area (Å²) in [6.45, 7) is -2.81. The number of rotatable bonds is 5. The Kier molecular flexibility index (Phi) is 4.80. The van der Waals surface area contributed by atoms with Crippen molar-refractivity contribution in [2.24, 2.45) is 0 Å². The molecule has 0 aliphatic rings. The van der Waals surface area contributed by atoms with Crippen LogP contribution in [0.3, 0.4) is 0 Å². The average molecular weight is 318 g/mol. The van der Waals surface area contributed by atoms with E-state index >= 15 is 0 Å². The van der Waals surface area contributed by atoms with Gasteiger partial charge in [-0.25, -0.2) is 4.39 Å². The van der Waals surface area contributed by atoms with Crippen LogP contribution in [0.1, 0.15) is 5.56 Å². The first-order valence-corrected chi connectivity index (χ1v) is 6.29. The molecule has 0 heterocycles. The van der Waals surface area contributed by atoms with Crippen LogP contribution < -0.4 is 10.1 Å². The first kappa shape index (κ1) is 15.3.